The van der Waals surface area contributed by atoms with Crippen LogP contribution in [0.4, 0.5) is 10.1 Å². The number of fused-ring (bicyclic) bond motifs is 1. The Labute approximate surface area is 189 Å². The highest BCUT2D eigenvalue weighted by Crippen LogP contribution is 2.25. The quantitative estimate of drug-likeness (QED) is 0.467. The maximum Gasteiger partial charge on any atom is 0.255 e. The second-order valence-corrected chi connectivity index (χ2v) is 7.77. The summed E-state index contributed by atoms with van der Waals surface area (Å²) in [6.07, 6.45) is 0. The molecule has 0 fully saturated rings. The third-order valence-corrected chi connectivity index (χ3v) is 5.60. The zero-order valence-electron chi connectivity index (χ0n) is 18.1. The minimum Gasteiger partial charge on any atom is -0.335 e. The number of aromatic nitrogens is 1. The van der Waals surface area contributed by atoms with Gasteiger partial charge in [-0.25, -0.2) is 4.39 Å². The van der Waals surface area contributed by atoms with E-state index in [1.54, 1.807) is 49.5 Å². The Morgan fingerprint density at radius 1 is 0.970 bits per heavy atom. The predicted octanol–water partition coefficient (Wildman–Crippen LogP) is 4.75. The standard InChI is InChI=1S/C26H22FN3O3/c1-16(18-9-6-10-20(13-18)28-25(32)17-7-4-3-5-8-17)30(2)26(33)22-15-24(31)29-23-14-19(27)11-12-21(22)23/h3-16H,1-2H3,(H,28,32)(H,29,31). The van der Waals surface area contributed by atoms with Crippen molar-refractivity contribution in [3.8, 4) is 0 Å². The number of carbonyl (C=O) groups excluding carboxylic acids is 2. The maximum atomic E-state index is 13.6. The number of rotatable bonds is 5. The number of amides is 2. The van der Waals surface area contributed by atoms with E-state index in [9.17, 15) is 18.8 Å². The van der Waals surface area contributed by atoms with Crippen molar-refractivity contribution in [2.45, 2.75) is 13.0 Å². The van der Waals surface area contributed by atoms with Crippen molar-refractivity contribution < 1.29 is 14.0 Å². The van der Waals surface area contributed by atoms with Crippen molar-refractivity contribution in [3.63, 3.8) is 0 Å². The number of anilines is 1. The molecule has 0 aliphatic rings. The molecule has 33 heavy (non-hydrogen) atoms. The van der Waals surface area contributed by atoms with E-state index in [0.29, 0.717) is 16.6 Å². The van der Waals surface area contributed by atoms with Gasteiger partial charge in [-0.05, 0) is 55.0 Å². The van der Waals surface area contributed by atoms with Crippen molar-refractivity contribution >= 4 is 28.4 Å². The van der Waals surface area contributed by atoms with Crippen LogP contribution >= 0.6 is 0 Å². The van der Waals surface area contributed by atoms with Crippen LogP contribution < -0.4 is 10.9 Å². The summed E-state index contributed by atoms with van der Waals surface area (Å²) in [4.78, 5) is 41.9. The molecular weight excluding hydrogens is 421 g/mol. The minimum absolute atomic E-state index is 0.191. The smallest absolute Gasteiger partial charge is 0.255 e. The van der Waals surface area contributed by atoms with Gasteiger partial charge in [-0.15, -0.1) is 0 Å². The lowest BCUT2D eigenvalue weighted by molar-refractivity contribution is 0.0744. The van der Waals surface area contributed by atoms with Crippen LogP contribution in [0.3, 0.4) is 0 Å². The Morgan fingerprint density at radius 3 is 2.48 bits per heavy atom. The third-order valence-electron chi connectivity index (χ3n) is 5.60. The molecule has 0 aliphatic carbocycles. The molecule has 0 aliphatic heterocycles. The maximum absolute atomic E-state index is 13.6. The molecule has 1 unspecified atom stereocenters. The molecule has 1 atom stereocenters. The first-order valence-electron chi connectivity index (χ1n) is 10.4. The summed E-state index contributed by atoms with van der Waals surface area (Å²) >= 11 is 0. The van der Waals surface area contributed by atoms with E-state index in [4.69, 9.17) is 0 Å². The number of carbonyl (C=O) groups is 2. The summed E-state index contributed by atoms with van der Waals surface area (Å²) < 4.78 is 13.6. The van der Waals surface area contributed by atoms with Crippen LogP contribution in [0.5, 0.6) is 0 Å². The lowest BCUT2D eigenvalue weighted by Gasteiger charge is -2.26. The second-order valence-electron chi connectivity index (χ2n) is 7.77. The van der Waals surface area contributed by atoms with Gasteiger partial charge in [0.05, 0.1) is 17.1 Å². The van der Waals surface area contributed by atoms with Gasteiger partial charge in [0, 0.05) is 29.8 Å². The lowest BCUT2D eigenvalue weighted by atomic mass is 10.0. The monoisotopic (exact) mass is 443 g/mol. The molecule has 0 bridgehead atoms. The number of pyridine rings is 1. The van der Waals surface area contributed by atoms with Gasteiger partial charge in [-0.2, -0.15) is 0 Å². The van der Waals surface area contributed by atoms with Gasteiger partial charge in [0.25, 0.3) is 11.8 Å². The molecule has 0 saturated carbocycles. The van der Waals surface area contributed by atoms with Crippen molar-refractivity contribution in [2.75, 3.05) is 12.4 Å². The molecule has 4 aromatic rings. The first-order valence-corrected chi connectivity index (χ1v) is 10.4. The number of halogens is 1. The highest BCUT2D eigenvalue weighted by atomic mass is 19.1. The Balaban J connectivity index is 1.59. The predicted molar refractivity (Wildman–Crippen MR) is 126 cm³/mol. The van der Waals surface area contributed by atoms with E-state index in [1.807, 2.05) is 19.1 Å². The molecule has 4 rings (SSSR count). The molecule has 1 heterocycles. The first-order chi connectivity index (χ1) is 15.8. The Morgan fingerprint density at radius 2 is 1.73 bits per heavy atom. The van der Waals surface area contributed by atoms with Crippen molar-refractivity contribution in [1.82, 2.24) is 9.88 Å². The number of benzene rings is 3. The topological polar surface area (TPSA) is 82.3 Å². The van der Waals surface area contributed by atoms with Gasteiger partial charge >= 0.3 is 0 Å². The van der Waals surface area contributed by atoms with E-state index in [2.05, 4.69) is 10.3 Å². The van der Waals surface area contributed by atoms with E-state index in [-0.39, 0.29) is 28.9 Å². The molecule has 0 spiro atoms. The zero-order chi connectivity index (χ0) is 23.5. The van der Waals surface area contributed by atoms with Gasteiger partial charge in [-0.1, -0.05) is 30.3 Å². The van der Waals surface area contributed by atoms with Crippen molar-refractivity contribution in [3.05, 3.63) is 112 Å². The largest absolute Gasteiger partial charge is 0.335 e. The summed E-state index contributed by atoms with van der Waals surface area (Å²) in [5.74, 6) is -1.10. The number of hydrogen-bond acceptors (Lipinski definition) is 3. The Hall–Kier alpha value is -4.26. The van der Waals surface area contributed by atoms with Crippen molar-refractivity contribution in [2.24, 2.45) is 0 Å². The molecule has 2 amide bonds. The fourth-order valence-corrected chi connectivity index (χ4v) is 3.67. The number of H-pyrrole nitrogens is 1. The molecule has 166 valence electrons. The summed E-state index contributed by atoms with van der Waals surface area (Å²) in [5, 5.41) is 3.33. The van der Waals surface area contributed by atoms with Crippen molar-refractivity contribution in [1.29, 1.82) is 0 Å². The van der Waals surface area contributed by atoms with Crippen LogP contribution in [0.1, 0.15) is 39.2 Å². The van der Waals surface area contributed by atoms with E-state index < -0.39 is 11.4 Å². The van der Waals surface area contributed by atoms with Crippen LogP contribution in [-0.4, -0.2) is 28.7 Å². The highest BCUT2D eigenvalue weighted by Gasteiger charge is 2.22. The molecule has 6 nitrogen and oxygen atoms in total. The van der Waals surface area contributed by atoms with Crippen LogP contribution in [0.2, 0.25) is 0 Å². The average Bonchev–Trinajstić information content (AvgIpc) is 2.82. The number of nitrogens with zero attached hydrogens (tertiary/aromatic N) is 1. The van der Waals surface area contributed by atoms with E-state index >= 15 is 0 Å². The van der Waals surface area contributed by atoms with Crippen LogP contribution in [-0.2, 0) is 0 Å². The first kappa shape index (κ1) is 22.0. The molecule has 1 aromatic heterocycles. The summed E-state index contributed by atoms with van der Waals surface area (Å²) in [6.45, 7) is 1.85. The lowest BCUT2D eigenvalue weighted by Crippen LogP contribution is -2.30. The normalized spacial score (nSPS) is 11.7. The second kappa shape index (κ2) is 9.08. The SMILES string of the molecule is CC(c1cccc(NC(=O)c2ccccc2)c1)N(C)C(=O)c1cc(=O)[nH]c2cc(F)ccc12. The van der Waals surface area contributed by atoms with Gasteiger partial charge in [-0.3, -0.25) is 14.4 Å². The molecule has 2 N–H and O–H groups in total. The Kier molecular flexibility index (Phi) is 6.04. The molecular formula is C26H22FN3O3. The average molecular weight is 443 g/mol. The molecule has 7 heteroatoms. The highest BCUT2D eigenvalue weighted by molar-refractivity contribution is 6.06. The van der Waals surface area contributed by atoms with E-state index in [0.717, 1.165) is 5.56 Å². The number of aromatic amines is 1. The molecule has 3 aromatic carbocycles. The fourth-order valence-electron chi connectivity index (χ4n) is 3.67. The zero-order valence-corrected chi connectivity index (χ0v) is 18.1. The van der Waals surface area contributed by atoms with Gasteiger partial charge < -0.3 is 15.2 Å². The minimum atomic E-state index is -0.501. The van der Waals surface area contributed by atoms with Crippen LogP contribution in [0.15, 0.2) is 83.7 Å². The summed E-state index contributed by atoms with van der Waals surface area (Å²) in [7, 11) is 1.64. The van der Waals surface area contributed by atoms with Gasteiger partial charge in [0.2, 0.25) is 5.56 Å². The van der Waals surface area contributed by atoms with Crippen LogP contribution in [0, 0.1) is 5.82 Å². The molecule has 0 radical (unpaired) electrons. The van der Waals surface area contributed by atoms with Crippen LogP contribution in [0.25, 0.3) is 10.9 Å². The Bertz CT molecular complexity index is 1400. The van der Waals surface area contributed by atoms with E-state index in [1.165, 1.54) is 29.2 Å². The number of hydrogen-bond donors (Lipinski definition) is 2. The summed E-state index contributed by atoms with van der Waals surface area (Å²) in [5.41, 5.74) is 1.92. The fraction of sp³-hybridized carbons (Fsp3) is 0.115. The third kappa shape index (κ3) is 4.67. The summed E-state index contributed by atoms with van der Waals surface area (Å²) in [6, 6.07) is 20.9. The van der Waals surface area contributed by atoms with Gasteiger partial charge in [0.1, 0.15) is 5.82 Å². The molecule has 0 saturated heterocycles. The van der Waals surface area contributed by atoms with Gasteiger partial charge in [0.15, 0.2) is 0 Å². The number of nitrogens with one attached hydrogen (secondary N) is 2.